The first-order valence-corrected chi connectivity index (χ1v) is 7.43. The van der Waals surface area contributed by atoms with E-state index in [-0.39, 0.29) is 0 Å². The van der Waals surface area contributed by atoms with Gasteiger partial charge in [0, 0.05) is 38.2 Å². The molecular weight excluding hydrogens is 228 g/mol. The van der Waals surface area contributed by atoms with E-state index in [4.69, 9.17) is 4.74 Å². The van der Waals surface area contributed by atoms with Crippen LogP contribution in [0.1, 0.15) is 32.1 Å². The number of nitrogens with zero attached hydrogens (tertiary/aromatic N) is 1. The minimum absolute atomic E-state index is 0.380. The van der Waals surface area contributed by atoms with Crippen molar-refractivity contribution in [1.82, 2.24) is 10.2 Å². The second kappa shape index (κ2) is 5.57. The van der Waals surface area contributed by atoms with E-state index in [1.165, 1.54) is 6.42 Å². The van der Waals surface area contributed by atoms with Gasteiger partial charge in [-0.2, -0.15) is 0 Å². The number of carbonyl (C=O) groups excluding carboxylic acids is 1. The third-order valence-corrected chi connectivity index (χ3v) is 4.45. The van der Waals surface area contributed by atoms with E-state index in [1.807, 2.05) is 0 Å². The Morgan fingerprint density at radius 1 is 1.17 bits per heavy atom. The van der Waals surface area contributed by atoms with E-state index >= 15 is 0 Å². The zero-order valence-electron chi connectivity index (χ0n) is 11.1. The number of hydrogen-bond acceptors (Lipinski definition) is 3. The van der Waals surface area contributed by atoms with Gasteiger partial charge in [-0.3, -0.25) is 4.79 Å². The topological polar surface area (TPSA) is 41.6 Å². The molecule has 1 amide bonds. The maximum Gasteiger partial charge on any atom is 0.225 e. The van der Waals surface area contributed by atoms with Crippen molar-refractivity contribution in [3.8, 4) is 0 Å². The van der Waals surface area contributed by atoms with Crippen LogP contribution in [0.25, 0.3) is 0 Å². The van der Waals surface area contributed by atoms with Crippen molar-refractivity contribution < 1.29 is 9.53 Å². The number of hydrogen-bond donors (Lipinski definition) is 1. The summed E-state index contributed by atoms with van der Waals surface area (Å²) in [6.07, 6.45) is 5.68. The molecule has 1 atom stereocenters. The standard InChI is InChI=1S/C14H24N2O2/c17-14(12-1-2-12)16-6-3-13(4-7-16)15-9-11-5-8-18-10-11/h11-13,15H,1-10H2. The Balaban J connectivity index is 1.35. The average molecular weight is 252 g/mol. The molecule has 0 aromatic heterocycles. The summed E-state index contributed by atoms with van der Waals surface area (Å²) in [5.74, 6) is 1.50. The molecule has 4 nitrogen and oxygen atoms in total. The Hall–Kier alpha value is -0.610. The number of amides is 1. The van der Waals surface area contributed by atoms with E-state index in [2.05, 4.69) is 10.2 Å². The molecule has 102 valence electrons. The fourth-order valence-electron chi connectivity index (χ4n) is 2.97. The van der Waals surface area contributed by atoms with Gasteiger partial charge in [0.2, 0.25) is 5.91 Å². The van der Waals surface area contributed by atoms with Gasteiger partial charge in [-0.1, -0.05) is 0 Å². The van der Waals surface area contributed by atoms with E-state index in [0.717, 1.165) is 58.5 Å². The Bertz CT molecular complexity index is 290. The minimum Gasteiger partial charge on any atom is -0.381 e. The van der Waals surface area contributed by atoms with Crippen molar-refractivity contribution >= 4 is 5.91 Å². The van der Waals surface area contributed by atoms with Crippen LogP contribution in [0.15, 0.2) is 0 Å². The van der Waals surface area contributed by atoms with Crippen LogP contribution in [-0.4, -0.2) is 49.7 Å². The molecule has 4 heteroatoms. The third kappa shape index (κ3) is 3.04. The molecule has 1 unspecified atom stereocenters. The van der Waals surface area contributed by atoms with Crippen LogP contribution < -0.4 is 5.32 Å². The van der Waals surface area contributed by atoms with Crippen LogP contribution in [0.3, 0.4) is 0 Å². The lowest BCUT2D eigenvalue weighted by molar-refractivity contribution is -0.133. The number of likely N-dealkylation sites (tertiary alicyclic amines) is 1. The quantitative estimate of drug-likeness (QED) is 0.812. The molecule has 1 aliphatic carbocycles. The van der Waals surface area contributed by atoms with Crippen LogP contribution in [-0.2, 0) is 9.53 Å². The number of ether oxygens (including phenoxy) is 1. The van der Waals surface area contributed by atoms with E-state index in [9.17, 15) is 4.79 Å². The van der Waals surface area contributed by atoms with Gasteiger partial charge in [-0.15, -0.1) is 0 Å². The maximum absolute atomic E-state index is 11.9. The molecule has 0 bridgehead atoms. The second-order valence-electron chi connectivity index (χ2n) is 6.01. The summed E-state index contributed by atoms with van der Waals surface area (Å²) in [5.41, 5.74) is 0. The molecule has 1 N–H and O–H groups in total. The van der Waals surface area contributed by atoms with Gasteiger partial charge in [0.1, 0.15) is 0 Å². The van der Waals surface area contributed by atoms with Crippen molar-refractivity contribution in [1.29, 1.82) is 0 Å². The predicted molar refractivity (Wildman–Crippen MR) is 69.3 cm³/mol. The highest BCUT2D eigenvalue weighted by molar-refractivity contribution is 5.81. The van der Waals surface area contributed by atoms with Gasteiger partial charge in [0.25, 0.3) is 0 Å². The van der Waals surface area contributed by atoms with Crippen LogP contribution in [0.4, 0.5) is 0 Å². The summed E-state index contributed by atoms with van der Waals surface area (Å²) in [5, 5.41) is 3.65. The monoisotopic (exact) mass is 252 g/mol. The number of nitrogens with one attached hydrogen (secondary N) is 1. The normalized spacial score (nSPS) is 29.8. The van der Waals surface area contributed by atoms with E-state index < -0.39 is 0 Å². The fourth-order valence-corrected chi connectivity index (χ4v) is 2.97. The molecule has 3 fully saturated rings. The zero-order valence-corrected chi connectivity index (χ0v) is 11.1. The summed E-state index contributed by atoms with van der Waals surface area (Å²) in [4.78, 5) is 14.0. The van der Waals surface area contributed by atoms with Gasteiger partial charge >= 0.3 is 0 Å². The van der Waals surface area contributed by atoms with Crippen molar-refractivity contribution in [2.45, 2.75) is 38.1 Å². The predicted octanol–water partition coefficient (Wildman–Crippen LogP) is 1.01. The van der Waals surface area contributed by atoms with Gasteiger partial charge in [0.05, 0.1) is 6.61 Å². The lowest BCUT2D eigenvalue weighted by Crippen LogP contribution is -2.46. The van der Waals surface area contributed by atoms with Crippen molar-refractivity contribution in [3.05, 3.63) is 0 Å². The first-order chi connectivity index (χ1) is 8.83. The van der Waals surface area contributed by atoms with Crippen molar-refractivity contribution in [2.75, 3.05) is 32.8 Å². The van der Waals surface area contributed by atoms with Gasteiger partial charge in [-0.25, -0.2) is 0 Å². The largest absolute Gasteiger partial charge is 0.381 e. The molecule has 0 radical (unpaired) electrons. The lowest BCUT2D eigenvalue weighted by atomic mass is 10.0. The Morgan fingerprint density at radius 3 is 2.56 bits per heavy atom. The summed E-state index contributed by atoms with van der Waals surface area (Å²) < 4.78 is 5.39. The molecule has 0 aromatic carbocycles. The van der Waals surface area contributed by atoms with Crippen LogP contribution >= 0.6 is 0 Å². The highest BCUT2D eigenvalue weighted by Gasteiger charge is 2.34. The molecule has 1 saturated carbocycles. The molecule has 3 aliphatic rings. The molecule has 2 heterocycles. The summed E-state index contributed by atoms with van der Waals surface area (Å²) >= 11 is 0. The first-order valence-electron chi connectivity index (χ1n) is 7.43. The Kier molecular flexibility index (Phi) is 3.85. The molecule has 0 aromatic rings. The third-order valence-electron chi connectivity index (χ3n) is 4.45. The first kappa shape index (κ1) is 12.4. The van der Waals surface area contributed by atoms with Crippen LogP contribution in [0.2, 0.25) is 0 Å². The average Bonchev–Trinajstić information content (AvgIpc) is 3.13. The molecule has 2 aliphatic heterocycles. The molecular formula is C14H24N2O2. The van der Waals surface area contributed by atoms with Crippen LogP contribution in [0, 0.1) is 11.8 Å². The summed E-state index contributed by atoms with van der Waals surface area (Å²) in [6, 6.07) is 0.605. The molecule has 0 spiro atoms. The summed E-state index contributed by atoms with van der Waals surface area (Å²) in [6.45, 7) is 4.84. The maximum atomic E-state index is 11.9. The highest BCUT2D eigenvalue weighted by atomic mass is 16.5. The Labute approximate surface area is 109 Å². The molecule has 3 rings (SSSR count). The molecule has 18 heavy (non-hydrogen) atoms. The van der Waals surface area contributed by atoms with Gasteiger partial charge in [0.15, 0.2) is 0 Å². The fraction of sp³-hybridized carbons (Fsp3) is 0.929. The van der Waals surface area contributed by atoms with E-state index in [1.54, 1.807) is 0 Å². The van der Waals surface area contributed by atoms with Crippen molar-refractivity contribution in [3.63, 3.8) is 0 Å². The number of piperidine rings is 1. The number of carbonyl (C=O) groups is 1. The van der Waals surface area contributed by atoms with Crippen LogP contribution in [0.5, 0.6) is 0 Å². The SMILES string of the molecule is O=C(C1CC1)N1CCC(NCC2CCOC2)CC1. The zero-order chi connectivity index (χ0) is 12.4. The summed E-state index contributed by atoms with van der Waals surface area (Å²) in [7, 11) is 0. The second-order valence-corrected chi connectivity index (χ2v) is 6.01. The number of rotatable bonds is 4. The minimum atomic E-state index is 0.380. The Morgan fingerprint density at radius 2 is 1.94 bits per heavy atom. The van der Waals surface area contributed by atoms with Gasteiger partial charge < -0.3 is 15.0 Å². The van der Waals surface area contributed by atoms with Gasteiger partial charge in [-0.05, 0) is 38.0 Å². The van der Waals surface area contributed by atoms with Crippen molar-refractivity contribution in [2.24, 2.45) is 11.8 Å². The van der Waals surface area contributed by atoms with E-state index in [0.29, 0.717) is 23.8 Å². The highest BCUT2D eigenvalue weighted by Crippen LogP contribution is 2.31. The lowest BCUT2D eigenvalue weighted by Gasteiger charge is -2.33. The smallest absolute Gasteiger partial charge is 0.225 e. The molecule has 2 saturated heterocycles.